The highest BCUT2D eigenvalue weighted by Gasteiger charge is 2.09. The normalized spacial score (nSPS) is 12.5. The highest BCUT2D eigenvalue weighted by atomic mass is 16.2. The highest BCUT2D eigenvalue weighted by molar-refractivity contribution is 5.89. The lowest BCUT2D eigenvalue weighted by atomic mass is 10.1. The van der Waals surface area contributed by atoms with Crippen molar-refractivity contribution in [1.29, 1.82) is 0 Å². The summed E-state index contributed by atoms with van der Waals surface area (Å²) < 4.78 is 0. The summed E-state index contributed by atoms with van der Waals surface area (Å²) in [6, 6.07) is 6.72. The van der Waals surface area contributed by atoms with Crippen LogP contribution in [0.3, 0.4) is 0 Å². The number of aliphatic hydroxyl groups is 1. The highest BCUT2D eigenvalue weighted by Crippen LogP contribution is 2.23. The van der Waals surface area contributed by atoms with Gasteiger partial charge in [0.15, 0.2) is 0 Å². The molecule has 2 aromatic rings. The fourth-order valence-electron chi connectivity index (χ4n) is 2.58. The molecule has 0 spiro atoms. The van der Waals surface area contributed by atoms with Crippen molar-refractivity contribution in [2.75, 3.05) is 11.9 Å². The quantitative estimate of drug-likeness (QED) is 0.779. The van der Waals surface area contributed by atoms with Crippen molar-refractivity contribution < 1.29 is 5.11 Å². The molecule has 2 rings (SSSR count). The second kappa shape index (κ2) is 7.93. The zero-order valence-corrected chi connectivity index (χ0v) is 13.0. The van der Waals surface area contributed by atoms with E-state index in [-0.39, 0.29) is 6.61 Å². The van der Waals surface area contributed by atoms with Crippen molar-refractivity contribution in [3.63, 3.8) is 0 Å². The smallest absolute Gasteiger partial charge is 0.137 e. The maximum Gasteiger partial charge on any atom is 0.137 e. The molecule has 114 valence electrons. The third-order valence-electron chi connectivity index (χ3n) is 3.79. The molecule has 1 heterocycles. The van der Waals surface area contributed by atoms with Crippen molar-refractivity contribution >= 4 is 16.7 Å². The minimum Gasteiger partial charge on any atom is -0.396 e. The molecule has 0 saturated carbocycles. The van der Waals surface area contributed by atoms with E-state index in [0.717, 1.165) is 48.8 Å². The molecule has 0 aliphatic carbocycles. The topological polar surface area (TPSA) is 58.0 Å². The van der Waals surface area contributed by atoms with Gasteiger partial charge in [0, 0.05) is 18.0 Å². The molecule has 0 fully saturated rings. The maximum atomic E-state index is 8.97. The molecule has 0 aliphatic rings. The van der Waals surface area contributed by atoms with Gasteiger partial charge in [-0.1, -0.05) is 26.3 Å². The summed E-state index contributed by atoms with van der Waals surface area (Å²) in [6.45, 7) is 4.63. The molecule has 0 unspecified atom stereocenters. The number of rotatable bonds is 8. The van der Waals surface area contributed by atoms with Crippen molar-refractivity contribution in [3.8, 4) is 0 Å². The molecule has 0 amide bonds. The Morgan fingerprint density at radius 3 is 2.81 bits per heavy atom. The predicted octanol–water partition coefficient (Wildman–Crippen LogP) is 3.55. The molecule has 0 aliphatic heterocycles. The van der Waals surface area contributed by atoms with Gasteiger partial charge >= 0.3 is 0 Å². The number of aromatic nitrogens is 2. The van der Waals surface area contributed by atoms with E-state index >= 15 is 0 Å². The lowest BCUT2D eigenvalue weighted by Crippen LogP contribution is -2.19. The van der Waals surface area contributed by atoms with Crippen molar-refractivity contribution in [2.45, 2.75) is 52.0 Å². The van der Waals surface area contributed by atoms with Gasteiger partial charge in [-0.2, -0.15) is 0 Å². The van der Waals surface area contributed by atoms with E-state index in [2.05, 4.69) is 41.3 Å². The molecule has 1 aromatic carbocycles. The average molecular weight is 287 g/mol. The number of anilines is 1. The van der Waals surface area contributed by atoms with Gasteiger partial charge in [0.05, 0.1) is 5.52 Å². The maximum absolute atomic E-state index is 8.97. The van der Waals surface area contributed by atoms with Crippen LogP contribution in [0.1, 0.15) is 45.1 Å². The van der Waals surface area contributed by atoms with E-state index in [1.807, 2.05) is 6.07 Å². The lowest BCUT2D eigenvalue weighted by molar-refractivity contribution is 0.288. The fourth-order valence-corrected chi connectivity index (χ4v) is 2.58. The molecule has 4 heteroatoms. The molecular weight excluding hydrogens is 262 g/mol. The third-order valence-corrected chi connectivity index (χ3v) is 3.79. The molecule has 0 radical (unpaired) electrons. The molecule has 1 atom stereocenters. The largest absolute Gasteiger partial charge is 0.396 e. The molecule has 1 aromatic heterocycles. The molecule has 0 saturated heterocycles. The monoisotopic (exact) mass is 287 g/mol. The SMILES string of the molecule is CCC[C@@H](CC)Nc1ncnc2ccc(CCCO)cc12. The summed E-state index contributed by atoms with van der Waals surface area (Å²) in [5.41, 5.74) is 2.18. The van der Waals surface area contributed by atoms with E-state index in [1.54, 1.807) is 6.33 Å². The second-order valence-corrected chi connectivity index (χ2v) is 5.44. The van der Waals surface area contributed by atoms with Gasteiger partial charge in [-0.3, -0.25) is 0 Å². The first-order valence-corrected chi connectivity index (χ1v) is 7.89. The number of nitrogens with one attached hydrogen (secondary N) is 1. The Morgan fingerprint density at radius 1 is 1.24 bits per heavy atom. The number of hydrogen-bond donors (Lipinski definition) is 2. The van der Waals surface area contributed by atoms with Crippen LogP contribution in [0.4, 0.5) is 5.82 Å². The van der Waals surface area contributed by atoms with Crippen LogP contribution in [-0.4, -0.2) is 27.7 Å². The number of aryl methyl sites for hydroxylation is 1. The van der Waals surface area contributed by atoms with Gasteiger partial charge in [-0.05, 0) is 43.4 Å². The average Bonchev–Trinajstić information content (AvgIpc) is 2.52. The summed E-state index contributed by atoms with van der Waals surface area (Å²) in [5.74, 6) is 0.922. The Labute approximate surface area is 126 Å². The Balaban J connectivity index is 2.29. The molecular formula is C17H25N3O. The van der Waals surface area contributed by atoms with E-state index in [9.17, 15) is 0 Å². The molecule has 0 bridgehead atoms. The number of aliphatic hydroxyl groups excluding tert-OH is 1. The van der Waals surface area contributed by atoms with E-state index < -0.39 is 0 Å². The lowest BCUT2D eigenvalue weighted by Gasteiger charge is -2.18. The number of hydrogen-bond acceptors (Lipinski definition) is 4. The van der Waals surface area contributed by atoms with Gasteiger partial charge < -0.3 is 10.4 Å². The van der Waals surface area contributed by atoms with Crippen LogP contribution in [0.5, 0.6) is 0 Å². The second-order valence-electron chi connectivity index (χ2n) is 5.44. The standard InChI is InChI=1S/C17H25N3O/c1-3-6-14(4-2)20-17-15-11-13(7-5-10-21)8-9-16(15)18-12-19-17/h8-9,11-12,14,21H,3-7,10H2,1-2H3,(H,18,19,20)/t14-/m1/s1. The first kappa shape index (κ1) is 15.7. The summed E-state index contributed by atoms with van der Waals surface area (Å²) in [6.07, 6.45) is 6.69. The van der Waals surface area contributed by atoms with Gasteiger partial charge in [0.2, 0.25) is 0 Å². The van der Waals surface area contributed by atoms with E-state index in [4.69, 9.17) is 5.11 Å². The third kappa shape index (κ3) is 4.14. The van der Waals surface area contributed by atoms with E-state index in [1.165, 1.54) is 5.56 Å². The summed E-state index contributed by atoms with van der Waals surface area (Å²) in [7, 11) is 0. The predicted molar refractivity (Wildman–Crippen MR) is 87.6 cm³/mol. The van der Waals surface area contributed by atoms with Crippen LogP contribution in [0.15, 0.2) is 24.5 Å². The van der Waals surface area contributed by atoms with Crippen LogP contribution < -0.4 is 5.32 Å². The Bertz CT molecular complexity index is 571. The van der Waals surface area contributed by atoms with Gasteiger partial charge in [0.1, 0.15) is 12.1 Å². The zero-order valence-electron chi connectivity index (χ0n) is 13.0. The van der Waals surface area contributed by atoms with Crippen LogP contribution >= 0.6 is 0 Å². The van der Waals surface area contributed by atoms with E-state index in [0.29, 0.717) is 6.04 Å². The summed E-state index contributed by atoms with van der Waals surface area (Å²) >= 11 is 0. The van der Waals surface area contributed by atoms with Gasteiger partial charge in [-0.15, -0.1) is 0 Å². The van der Waals surface area contributed by atoms with Crippen LogP contribution in [0.2, 0.25) is 0 Å². The van der Waals surface area contributed by atoms with Crippen molar-refractivity contribution in [2.24, 2.45) is 0 Å². The van der Waals surface area contributed by atoms with Gasteiger partial charge in [-0.25, -0.2) is 9.97 Å². The molecule has 2 N–H and O–H groups in total. The fraction of sp³-hybridized carbons (Fsp3) is 0.529. The number of fused-ring (bicyclic) bond motifs is 1. The Hall–Kier alpha value is -1.68. The van der Waals surface area contributed by atoms with Crippen molar-refractivity contribution in [1.82, 2.24) is 9.97 Å². The molecule has 4 nitrogen and oxygen atoms in total. The summed E-state index contributed by atoms with van der Waals surface area (Å²) in [4.78, 5) is 8.77. The molecule has 21 heavy (non-hydrogen) atoms. The first-order valence-electron chi connectivity index (χ1n) is 7.89. The van der Waals surface area contributed by atoms with Crippen LogP contribution in [0, 0.1) is 0 Å². The minimum absolute atomic E-state index is 0.225. The van der Waals surface area contributed by atoms with Crippen molar-refractivity contribution in [3.05, 3.63) is 30.1 Å². The number of nitrogens with zero attached hydrogens (tertiary/aromatic N) is 2. The van der Waals surface area contributed by atoms with Gasteiger partial charge in [0.25, 0.3) is 0 Å². The Morgan fingerprint density at radius 2 is 2.10 bits per heavy atom. The van der Waals surface area contributed by atoms with Crippen LogP contribution in [-0.2, 0) is 6.42 Å². The zero-order chi connectivity index (χ0) is 15.1. The number of benzene rings is 1. The van der Waals surface area contributed by atoms with Crippen LogP contribution in [0.25, 0.3) is 10.9 Å². The summed E-state index contributed by atoms with van der Waals surface area (Å²) in [5, 5.41) is 13.6. The first-order chi connectivity index (χ1) is 10.3. The Kier molecular flexibility index (Phi) is 5.93. The minimum atomic E-state index is 0.225.